The minimum Gasteiger partial charge on any atom is -0.491 e. The number of aliphatic hydroxyl groups excluding tert-OH is 1. The van der Waals surface area contributed by atoms with Crippen LogP contribution in [0.4, 0.5) is 4.79 Å². The summed E-state index contributed by atoms with van der Waals surface area (Å²) in [7, 11) is 0. The molecule has 1 unspecified atom stereocenters. The van der Waals surface area contributed by atoms with Crippen LogP contribution in [0.5, 0.6) is 5.75 Å². The lowest BCUT2D eigenvalue weighted by molar-refractivity contribution is -0.145. The van der Waals surface area contributed by atoms with Crippen molar-refractivity contribution in [3.05, 3.63) is 64.2 Å². The van der Waals surface area contributed by atoms with Gasteiger partial charge in [0, 0.05) is 5.41 Å². The quantitative estimate of drug-likeness (QED) is 0.299. The van der Waals surface area contributed by atoms with Gasteiger partial charge in [-0.25, -0.2) is 9.69 Å². The maximum atomic E-state index is 12.5. The number of amides is 2. The van der Waals surface area contributed by atoms with E-state index in [0.29, 0.717) is 0 Å². The van der Waals surface area contributed by atoms with E-state index in [0.717, 1.165) is 37.0 Å². The zero-order chi connectivity index (χ0) is 30.8. The Hall–Kier alpha value is -2.86. The van der Waals surface area contributed by atoms with Crippen LogP contribution in [0.15, 0.2) is 36.4 Å². The number of β-lactam (4-membered cyclic amide) rings is 1. The van der Waals surface area contributed by atoms with Crippen molar-refractivity contribution >= 4 is 12.0 Å². The summed E-state index contributed by atoms with van der Waals surface area (Å²) in [4.78, 5) is 25.7. The minimum atomic E-state index is -0.663. The van der Waals surface area contributed by atoms with Crippen molar-refractivity contribution < 1.29 is 24.2 Å². The third-order valence-electron chi connectivity index (χ3n) is 8.58. The van der Waals surface area contributed by atoms with Crippen LogP contribution in [0.1, 0.15) is 109 Å². The second-order valence-electron chi connectivity index (χ2n) is 13.7. The van der Waals surface area contributed by atoms with Crippen molar-refractivity contribution in [3.63, 3.8) is 0 Å². The first-order valence-electron chi connectivity index (χ1n) is 15.1. The summed E-state index contributed by atoms with van der Waals surface area (Å²) < 4.78 is 11.5. The second-order valence-corrected chi connectivity index (χ2v) is 13.7. The molecule has 0 bridgehead atoms. The molecule has 3 rings (SSSR count). The van der Waals surface area contributed by atoms with Crippen molar-refractivity contribution in [1.82, 2.24) is 4.90 Å². The van der Waals surface area contributed by atoms with Crippen molar-refractivity contribution in [2.75, 3.05) is 6.61 Å². The third-order valence-corrected chi connectivity index (χ3v) is 8.58. The van der Waals surface area contributed by atoms with E-state index in [1.807, 2.05) is 13.0 Å². The Morgan fingerprint density at radius 1 is 0.976 bits per heavy atom. The average molecular weight is 566 g/mol. The lowest BCUT2D eigenvalue weighted by Crippen LogP contribution is -2.59. The largest absolute Gasteiger partial charge is 0.491 e. The molecule has 6 nitrogen and oxygen atoms in total. The van der Waals surface area contributed by atoms with Gasteiger partial charge in [0.25, 0.3) is 0 Å². The highest BCUT2D eigenvalue weighted by atomic mass is 16.6. The predicted molar refractivity (Wildman–Crippen MR) is 164 cm³/mol. The summed E-state index contributed by atoms with van der Waals surface area (Å²) in [5.74, 6) is 0.518. The molecule has 1 heterocycles. The highest BCUT2D eigenvalue weighted by Crippen LogP contribution is 2.41. The van der Waals surface area contributed by atoms with Gasteiger partial charge in [-0.15, -0.1) is 0 Å². The molecule has 2 aromatic rings. The Morgan fingerprint density at radius 2 is 1.56 bits per heavy atom. The van der Waals surface area contributed by atoms with Crippen LogP contribution in [-0.2, 0) is 21.4 Å². The van der Waals surface area contributed by atoms with Gasteiger partial charge in [0.1, 0.15) is 18.0 Å². The summed E-state index contributed by atoms with van der Waals surface area (Å²) in [5.41, 5.74) is 5.20. The highest BCUT2D eigenvalue weighted by Gasteiger charge is 2.43. The number of nitrogens with zero attached hydrogens (tertiary/aromatic N) is 1. The van der Waals surface area contributed by atoms with E-state index in [-0.39, 0.29) is 41.9 Å². The zero-order valence-corrected chi connectivity index (χ0v) is 26.9. The lowest BCUT2D eigenvalue weighted by Gasteiger charge is -2.39. The highest BCUT2D eigenvalue weighted by molar-refractivity contribution is 5.97. The normalized spacial score (nSPS) is 16.8. The Bertz CT molecular complexity index is 1230. The molecule has 0 spiro atoms. The van der Waals surface area contributed by atoms with Crippen molar-refractivity contribution in [3.8, 4) is 5.75 Å². The molecule has 2 aromatic carbocycles. The van der Waals surface area contributed by atoms with Crippen molar-refractivity contribution in [2.45, 2.75) is 125 Å². The summed E-state index contributed by atoms with van der Waals surface area (Å²) in [6.45, 7) is 20.5. The Kier molecular flexibility index (Phi) is 10.0. The Balaban J connectivity index is 1.76. The van der Waals surface area contributed by atoms with E-state index in [9.17, 15) is 14.7 Å². The number of likely N-dealkylation sites (tertiary alicyclic amines) is 1. The summed E-state index contributed by atoms with van der Waals surface area (Å²) in [6.07, 6.45) is 2.85. The maximum Gasteiger partial charge on any atom is 0.417 e. The lowest BCUT2D eigenvalue weighted by atomic mass is 9.69. The standard InChI is InChI=1S/C35H51NO5/c1-11-35(12-2,26-15-13-25(23(3)19-26)14-18-30(37)33(5,6)7)27-16-17-29(24(4)20-27)40-22-28-21-31(38)36(28)32(39)41-34(8,9)10/h13,15-17,19-20,28,30,37H,11-12,14,18,21-22H2,1-10H3/t28?,30-/m1/s1. The molecule has 6 heteroatoms. The van der Waals surface area contributed by atoms with Gasteiger partial charge in [0.05, 0.1) is 18.6 Å². The van der Waals surface area contributed by atoms with Crippen LogP contribution in [0.3, 0.4) is 0 Å². The third kappa shape index (κ3) is 7.51. The number of carbonyl (C=O) groups excluding carboxylic acids is 2. The van der Waals surface area contributed by atoms with Gasteiger partial charge in [0.2, 0.25) is 5.91 Å². The summed E-state index contributed by atoms with van der Waals surface area (Å²) in [5, 5.41) is 10.5. The minimum absolute atomic E-state index is 0.117. The molecule has 0 radical (unpaired) electrons. The molecule has 1 saturated heterocycles. The topological polar surface area (TPSA) is 76.1 Å². The predicted octanol–water partition coefficient (Wildman–Crippen LogP) is 7.66. The molecule has 2 amide bonds. The zero-order valence-electron chi connectivity index (χ0n) is 26.9. The molecular weight excluding hydrogens is 514 g/mol. The van der Waals surface area contributed by atoms with E-state index >= 15 is 0 Å². The smallest absolute Gasteiger partial charge is 0.417 e. The van der Waals surface area contributed by atoms with Gasteiger partial charge in [-0.3, -0.25) is 4.79 Å². The van der Waals surface area contributed by atoms with E-state index in [4.69, 9.17) is 9.47 Å². The number of ether oxygens (including phenoxy) is 2. The molecular formula is C35H51NO5. The first kappa shape index (κ1) is 32.7. The Labute approximate surface area is 247 Å². The van der Waals surface area contributed by atoms with Gasteiger partial charge in [-0.05, 0) is 99.6 Å². The number of carbonyl (C=O) groups is 2. The molecule has 226 valence electrons. The molecule has 0 aromatic heterocycles. The fraction of sp³-hybridized carbons (Fsp3) is 0.600. The van der Waals surface area contributed by atoms with Gasteiger partial charge in [0.15, 0.2) is 0 Å². The SMILES string of the molecule is CCC(CC)(c1ccc(CC[C@@H](O)C(C)(C)C)c(C)c1)c1ccc(OCC2CC(=O)N2C(=O)OC(C)(C)C)c(C)c1. The van der Waals surface area contributed by atoms with E-state index in [1.165, 1.54) is 27.2 Å². The molecule has 1 aliphatic heterocycles. The van der Waals surface area contributed by atoms with Crippen LogP contribution >= 0.6 is 0 Å². The van der Waals surface area contributed by atoms with E-state index < -0.39 is 11.7 Å². The number of hydrogen-bond donors (Lipinski definition) is 1. The first-order valence-corrected chi connectivity index (χ1v) is 15.1. The number of imide groups is 1. The number of aliphatic hydroxyl groups is 1. The second kappa shape index (κ2) is 12.6. The van der Waals surface area contributed by atoms with Gasteiger partial charge < -0.3 is 14.6 Å². The monoisotopic (exact) mass is 565 g/mol. The van der Waals surface area contributed by atoms with Gasteiger partial charge >= 0.3 is 6.09 Å². The van der Waals surface area contributed by atoms with Crippen LogP contribution < -0.4 is 4.74 Å². The van der Waals surface area contributed by atoms with E-state index in [1.54, 1.807) is 20.8 Å². The fourth-order valence-electron chi connectivity index (χ4n) is 5.71. The molecule has 1 N–H and O–H groups in total. The summed E-state index contributed by atoms with van der Waals surface area (Å²) >= 11 is 0. The first-order chi connectivity index (χ1) is 19.0. The molecule has 0 aliphatic carbocycles. The number of hydrogen-bond acceptors (Lipinski definition) is 5. The average Bonchev–Trinajstić information content (AvgIpc) is 2.85. The fourth-order valence-corrected chi connectivity index (χ4v) is 5.71. The number of rotatable bonds is 10. The Morgan fingerprint density at radius 3 is 2.05 bits per heavy atom. The molecule has 0 saturated carbocycles. The molecule has 41 heavy (non-hydrogen) atoms. The van der Waals surface area contributed by atoms with Crippen LogP contribution in [0, 0.1) is 19.3 Å². The van der Waals surface area contributed by atoms with Crippen LogP contribution in [0.2, 0.25) is 0 Å². The van der Waals surface area contributed by atoms with E-state index in [2.05, 4.69) is 71.9 Å². The van der Waals surface area contributed by atoms with Crippen LogP contribution in [-0.4, -0.2) is 46.4 Å². The van der Waals surface area contributed by atoms with Crippen LogP contribution in [0.25, 0.3) is 0 Å². The molecule has 2 atom stereocenters. The maximum absolute atomic E-state index is 12.5. The number of benzene rings is 2. The van der Waals surface area contributed by atoms with Gasteiger partial charge in [-0.2, -0.15) is 0 Å². The van der Waals surface area contributed by atoms with Crippen molar-refractivity contribution in [1.29, 1.82) is 0 Å². The molecule has 1 fully saturated rings. The van der Waals surface area contributed by atoms with Gasteiger partial charge in [-0.1, -0.05) is 65.0 Å². The summed E-state index contributed by atoms with van der Waals surface area (Å²) in [6, 6.07) is 12.9. The number of aryl methyl sites for hydroxylation is 3. The molecule has 1 aliphatic rings. The van der Waals surface area contributed by atoms with Crippen molar-refractivity contribution in [2.24, 2.45) is 5.41 Å².